The first-order chi connectivity index (χ1) is 10.8. The summed E-state index contributed by atoms with van der Waals surface area (Å²) in [5, 5.41) is 8.97. The van der Waals surface area contributed by atoms with Crippen molar-refractivity contribution >= 4 is 10.0 Å². The van der Waals surface area contributed by atoms with Crippen LogP contribution in [-0.2, 0) is 10.0 Å². The molecule has 126 valence electrons. The van der Waals surface area contributed by atoms with E-state index in [1.807, 2.05) is 6.07 Å². The van der Waals surface area contributed by atoms with Gasteiger partial charge in [-0.1, -0.05) is 19.9 Å². The van der Waals surface area contributed by atoms with Crippen molar-refractivity contribution in [2.24, 2.45) is 5.92 Å². The molecule has 1 fully saturated rings. The minimum absolute atomic E-state index is 0.199. The van der Waals surface area contributed by atoms with E-state index >= 15 is 0 Å². The van der Waals surface area contributed by atoms with Crippen LogP contribution in [0.2, 0.25) is 0 Å². The highest BCUT2D eigenvalue weighted by atomic mass is 32.2. The number of rotatable bonds is 6. The molecule has 23 heavy (non-hydrogen) atoms. The topological polar surface area (TPSA) is 73.2 Å². The van der Waals surface area contributed by atoms with Crippen LogP contribution in [0, 0.1) is 24.2 Å². The molecule has 0 bridgehead atoms. The molecule has 5 nitrogen and oxygen atoms in total. The van der Waals surface area contributed by atoms with Gasteiger partial charge in [0, 0.05) is 19.1 Å². The van der Waals surface area contributed by atoms with Gasteiger partial charge in [0.1, 0.15) is 0 Å². The van der Waals surface area contributed by atoms with Crippen molar-refractivity contribution in [1.82, 2.24) is 9.62 Å². The maximum absolute atomic E-state index is 12.6. The predicted molar refractivity (Wildman–Crippen MR) is 90.5 cm³/mol. The van der Waals surface area contributed by atoms with Crippen molar-refractivity contribution in [3.05, 3.63) is 29.3 Å². The molecule has 0 saturated carbocycles. The number of nitrogens with one attached hydrogen (secondary N) is 1. The molecule has 0 unspecified atom stereocenters. The van der Waals surface area contributed by atoms with Crippen LogP contribution in [0.4, 0.5) is 0 Å². The van der Waals surface area contributed by atoms with Crippen molar-refractivity contribution in [3.63, 3.8) is 0 Å². The van der Waals surface area contributed by atoms with Gasteiger partial charge in [0.25, 0.3) is 0 Å². The zero-order valence-electron chi connectivity index (χ0n) is 14.0. The molecule has 0 aromatic heterocycles. The molecule has 1 N–H and O–H groups in total. The third kappa shape index (κ3) is 4.54. The summed E-state index contributed by atoms with van der Waals surface area (Å²) in [5.41, 5.74) is 1.01. The van der Waals surface area contributed by atoms with Crippen LogP contribution < -0.4 is 4.72 Å². The summed E-state index contributed by atoms with van der Waals surface area (Å²) in [6.07, 6.45) is 2.13. The van der Waals surface area contributed by atoms with Gasteiger partial charge < -0.3 is 0 Å². The molecular weight excluding hydrogens is 310 g/mol. The van der Waals surface area contributed by atoms with Gasteiger partial charge in [-0.3, -0.25) is 4.90 Å². The van der Waals surface area contributed by atoms with Crippen molar-refractivity contribution in [1.29, 1.82) is 5.26 Å². The van der Waals surface area contributed by atoms with Gasteiger partial charge in [0.05, 0.1) is 16.5 Å². The standard InChI is InChI=1S/C17H25N3O2S/c1-13(2)12-20-8-4-5-16(20)11-19-23(21,22)17-9-15(10-18)7-6-14(17)3/h6-7,9,13,16,19H,4-5,8,11-12H2,1-3H3/t16-/m0/s1. The Morgan fingerprint density at radius 3 is 2.83 bits per heavy atom. The number of hydrogen-bond donors (Lipinski definition) is 1. The van der Waals surface area contributed by atoms with Crippen molar-refractivity contribution in [3.8, 4) is 6.07 Å². The van der Waals surface area contributed by atoms with Crippen molar-refractivity contribution in [2.75, 3.05) is 19.6 Å². The Morgan fingerprint density at radius 2 is 2.17 bits per heavy atom. The summed E-state index contributed by atoms with van der Waals surface area (Å²) in [6, 6.07) is 7.00. The number of likely N-dealkylation sites (tertiary alicyclic amines) is 1. The van der Waals surface area contributed by atoms with Crippen LogP contribution in [-0.4, -0.2) is 39.0 Å². The summed E-state index contributed by atoms with van der Waals surface area (Å²) >= 11 is 0. The minimum atomic E-state index is -3.59. The van der Waals surface area contributed by atoms with Crippen LogP contribution in [0.1, 0.15) is 37.8 Å². The van der Waals surface area contributed by atoms with E-state index < -0.39 is 10.0 Å². The number of hydrogen-bond acceptors (Lipinski definition) is 4. The third-order valence-electron chi connectivity index (χ3n) is 4.21. The summed E-state index contributed by atoms with van der Waals surface area (Å²) < 4.78 is 27.9. The number of nitriles is 1. The average Bonchev–Trinajstić information content (AvgIpc) is 2.92. The molecule has 0 amide bonds. The van der Waals surface area contributed by atoms with Crippen LogP contribution in [0.15, 0.2) is 23.1 Å². The van der Waals surface area contributed by atoms with Gasteiger partial charge >= 0.3 is 0 Å². The summed E-state index contributed by atoms with van der Waals surface area (Å²) in [6.45, 7) is 8.55. The normalized spacial score (nSPS) is 19.2. The van der Waals surface area contributed by atoms with Crippen LogP contribution in [0.5, 0.6) is 0 Å². The number of sulfonamides is 1. The summed E-state index contributed by atoms with van der Waals surface area (Å²) in [4.78, 5) is 2.57. The Kier molecular flexibility index (Phi) is 5.79. The molecule has 1 atom stereocenters. The molecule has 1 saturated heterocycles. The summed E-state index contributed by atoms with van der Waals surface area (Å²) in [7, 11) is -3.59. The van der Waals surface area contributed by atoms with E-state index in [1.165, 1.54) is 6.07 Å². The number of benzene rings is 1. The van der Waals surface area contributed by atoms with Crippen LogP contribution >= 0.6 is 0 Å². The van der Waals surface area contributed by atoms with E-state index in [0.29, 0.717) is 23.6 Å². The molecule has 1 aliphatic rings. The largest absolute Gasteiger partial charge is 0.299 e. The van der Waals surface area contributed by atoms with E-state index in [9.17, 15) is 8.42 Å². The molecule has 1 aliphatic heterocycles. The zero-order valence-corrected chi connectivity index (χ0v) is 14.9. The van der Waals surface area contributed by atoms with Crippen LogP contribution in [0.25, 0.3) is 0 Å². The molecule has 0 radical (unpaired) electrons. The first-order valence-electron chi connectivity index (χ1n) is 8.08. The maximum atomic E-state index is 12.6. The van der Waals surface area contributed by atoms with E-state index in [2.05, 4.69) is 23.5 Å². The molecule has 0 aliphatic carbocycles. The SMILES string of the molecule is Cc1ccc(C#N)cc1S(=O)(=O)NC[C@@H]1CCCN1CC(C)C. The Bertz CT molecular complexity index is 692. The highest BCUT2D eigenvalue weighted by Crippen LogP contribution is 2.20. The lowest BCUT2D eigenvalue weighted by atomic mass is 10.2. The van der Waals surface area contributed by atoms with Crippen molar-refractivity contribution in [2.45, 2.75) is 44.6 Å². The fraction of sp³-hybridized carbons (Fsp3) is 0.588. The minimum Gasteiger partial charge on any atom is -0.299 e. The lowest BCUT2D eigenvalue weighted by molar-refractivity contribution is 0.227. The Hall–Kier alpha value is -1.42. The first-order valence-corrected chi connectivity index (χ1v) is 9.56. The lowest BCUT2D eigenvalue weighted by Crippen LogP contribution is -2.41. The smallest absolute Gasteiger partial charge is 0.240 e. The fourth-order valence-electron chi connectivity index (χ4n) is 3.08. The molecule has 1 heterocycles. The Labute approximate surface area is 139 Å². The van der Waals surface area contributed by atoms with Gasteiger partial charge in [-0.2, -0.15) is 5.26 Å². The van der Waals surface area contributed by atoms with Gasteiger partial charge in [-0.15, -0.1) is 0 Å². The Balaban J connectivity index is 2.09. The Morgan fingerprint density at radius 1 is 1.43 bits per heavy atom. The highest BCUT2D eigenvalue weighted by molar-refractivity contribution is 7.89. The van der Waals surface area contributed by atoms with E-state index in [-0.39, 0.29) is 10.9 Å². The van der Waals surface area contributed by atoms with Crippen molar-refractivity contribution < 1.29 is 8.42 Å². The molecular formula is C17H25N3O2S. The monoisotopic (exact) mass is 335 g/mol. The first kappa shape index (κ1) is 17.9. The van der Waals surface area contributed by atoms with E-state index in [4.69, 9.17) is 5.26 Å². The highest BCUT2D eigenvalue weighted by Gasteiger charge is 2.27. The lowest BCUT2D eigenvalue weighted by Gasteiger charge is -2.26. The summed E-state index contributed by atoms with van der Waals surface area (Å²) in [5.74, 6) is 0.571. The van der Waals surface area contributed by atoms with Gasteiger partial charge in [-0.05, 0) is 49.9 Å². The average molecular weight is 335 g/mol. The zero-order chi connectivity index (χ0) is 17.0. The number of nitrogens with zero attached hydrogens (tertiary/aromatic N) is 2. The van der Waals surface area contributed by atoms with Gasteiger partial charge in [-0.25, -0.2) is 13.1 Å². The second-order valence-electron chi connectivity index (χ2n) is 6.63. The molecule has 6 heteroatoms. The quantitative estimate of drug-likeness (QED) is 0.865. The van der Waals surface area contributed by atoms with E-state index in [0.717, 1.165) is 25.9 Å². The second kappa shape index (κ2) is 7.43. The number of aryl methyl sites for hydroxylation is 1. The third-order valence-corrected chi connectivity index (χ3v) is 5.78. The predicted octanol–water partition coefficient (Wildman–Crippen LogP) is 2.27. The van der Waals surface area contributed by atoms with Crippen LogP contribution in [0.3, 0.4) is 0 Å². The molecule has 2 rings (SSSR count). The maximum Gasteiger partial charge on any atom is 0.240 e. The van der Waals surface area contributed by atoms with Gasteiger partial charge in [0.2, 0.25) is 10.0 Å². The fourth-order valence-corrected chi connectivity index (χ4v) is 4.42. The molecule has 0 spiro atoms. The molecule has 1 aromatic rings. The van der Waals surface area contributed by atoms with E-state index in [1.54, 1.807) is 19.1 Å². The molecule has 1 aromatic carbocycles. The second-order valence-corrected chi connectivity index (χ2v) is 8.36. The van der Waals surface area contributed by atoms with Gasteiger partial charge in [0.15, 0.2) is 0 Å².